The van der Waals surface area contributed by atoms with Crippen LogP contribution in [0.15, 0.2) is 55.0 Å². The molecule has 0 amide bonds. The number of halogens is 3. The maximum Gasteiger partial charge on any atom is 0.435 e. The standard InChI is InChI=1S/C14H11F3N4/c15-14(16,17)13-6-9-20(19-13)10-11-2-4-12(5-3-11)21-8-1-7-18-21/h1-9H,10H2. The number of hydrogen-bond acceptors (Lipinski definition) is 2. The first-order chi connectivity index (χ1) is 10.0. The summed E-state index contributed by atoms with van der Waals surface area (Å²) in [6, 6.07) is 10.2. The summed E-state index contributed by atoms with van der Waals surface area (Å²) >= 11 is 0. The summed E-state index contributed by atoms with van der Waals surface area (Å²) in [6.07, 6.45) is 0.411. The topological polar surface area (TPSA) is 35.6 Å². The minimum atomic E-state index is -4.41. The van der Waals surface area contributed by atoms with Crippen LogP contribution < -0.4 is 0 Å². The lowest BCUT2D eigenvalue weighted by Crippen LogP contribution is -2.08. The molecule has 0 spiro atoms. The summed E-state index contributed by atoms with van der Waals surface area (Å²) in [4.78, 5) is 0. The Morgan fingerprint density at radius 2 is 1.76 bits per heavy atom. The molecule has 4 nitrogen and oxygen atoms in total. The van der Waals surface area contributed by atoms with Crippen LogP contribution in [0.4, 0.5) is 13.2 Å². The molecule has 0 radical (unpaired) electrons. The molecule has 0 aliphatic heterocycles. The third kappa shape index (κ3) is 2.96. The molecule has 0 aliphatic rings. The highest BCUT2D eigenvalue weighted by Crippen LogP contribution is 2.27. The smallest absolute Gasteiger partial charge is 0.268 e. The highest BCUT2D eigenvalue weighted by molar-refractivity contribution is 5.33. The fourth-order valence-electron chi connectivity index (χ4n) is 1.96. The maximum absolute atomic E-state index is 12.5. The van der Waals surface area contributed by atoms with E-state index in [1.165, 1.54) is 10.9 Å². The monoisotopic (exact) mass is 292 g/mol. The van der Waals surface area contributed by atoms with Crippen LogP contribution in [0.1, 0.15) is 11.3 Å². The average Bonchev–Trinajstić information content (AvgIpc) is 3.09. The van der Waals surface area contributed by atoms with E-state index >= 15 is 0 Å². The fourth-order valence-corrected chi connectivity index (χ4v) is 1.96. The Hall–Kier alpha value is -2.57. The van der Waals surface area contributed by atoms with Crippen molar-refractivity contribution in [1.29, 1.82) is 0 Å². The van der Waals surface area contributed by atoms with Gasteiger partial charge in [0.25, 0.3) is 0 Å². The van der Waals surface area contributed by atoms with Crippen LogP contribution in [0.25, 0.3) is 5.69 Å². The number of benzene rings is 1. The van der Waals surface area contributed by atoms with E-state index < -0.39 is 11.9 Å². The molecule has 108 valence electrons. The molecule has 0 saturated heterocycles. The van der Waals surface area contributed by atoms with Crippen LogP contribution in [0.2, 0.25) is 0 Å². The van der Waals surface area contributed by atoms with Gasteiger partial charge in [0.05, 0.1) is 12.2 Å². The van der Waals surface area contributed by atoms with Crippen LogP contribution in [-0.2, 0) is 12.7 Å². The molecular weight excluding hydrogens is 281 g/mol. The van der Waals surface area contributed by atoms with Gasteiger partial charge in [0.15, 0.2) is 5.69 Å². The second kappa shape index (κ2) is 5.08. The Balaban J connectivity index is 1.75. The summed E-state index contributed by atoms with van der Waals surface area (Å²) < 4.78 is 40.4. The number of rotatable bonds is 3. The first-order valence-electron chi connectivity index (χ1n) is 6.22. The molecule has 21 heavy (non-hydrogen) atoms. The van der Waals surface area contributed by atoms with Crippen molar-refractivity contribution in [3.8, 4) is 5.69 Å². The molecule has 1 aromatic carbocycles. The minimum absolute atomic E-state index is 0.287. The van der Waals surface area contributed by atoms with Crippen molar-refractivity contribution < 1.29 is 13.2 Å². The molecule has 0 N–H and O–H groups in total. The highest BCUT2D eigenvalue weighted by atomic mass is 19.4. The molecule has 3 rings (SSSR count). The lowest BCUT2D eigenvalue weighted by Gasteiger charge is -2.05. The second-order valence-corrected chi connectivity index (χ2v) is 4.51. The third-order valence-corrected chi connectivity index (χ3v) is 2.98. The molecule has 0 unspecified atom stereocenters. The van der Waals surface area contributed by atoms with Crippen molar-refractivity contribution in [2.75, 3.05) is 0 Å². The van der Waals surface area contributed by atoms with Gasteiger partial charge in [0.2, 0.25) is 0 Å². The van der Waals surface area contributed by atoms with Crippen LogP contribution in [0, 0.1) is 0 Å². The predicted octanol–water partition coefficient (Wildman–Crippen LogP) is 3.14. The molecule has 7 heteroatoms. The van der Waals surface area contributed by atoms with Gasteiger partial charge in [-0.25, -0.2) is 4.68 Å². The Labute approximate surface area is 118 Å². The molecule has 0 atom stereocenters. The molecule has 0 saturated carbocycles. The lowest BCUT2D eigenvalue weighted by atomic mass is 10.2. The Bertz CT molecular complexity index is 712. The molecular formula is C14H11F3N4. The summed E-state index contributed by atoms with van der Waals surface area (Å²) in [7, 11) is 0. The number of hydrogen-bond donors (Lipinski definition) is 0. The van der Waals surface area contributed by atoms with Crippen molar-refractivity contribution in [2.45, 2.75) is 12.7 Å². The first kappa shape index (κ1) is 13.4. The van der Waals surface area contributed by atoms with Gasteiger partial charge in [-0.3, -0.25) is 4.68 Å². The zero-order valence-electron chi connectivity index (χ0n) is 10.8. The van der Waals surface area contributed by atoms with Crippen molar-refractivity contribution >= 4 is 0 Å². The second-order valence-electron chi connectivity index (χ2n) is 4.51. The van der Waals surface area contributed by atoms with Crippen LogP contribution >= 0.6 is 0 Å². The van der Waals surface area contributed by atoms with Gasteiger partial charge in [-0.05, 0) is 29.8 Å². The maximum atomic E-state index is 12.5. The molecule has 0 aliphatic carbocycles. The van der Waals surface area contributed by atoms with Crippen LogP contribution in [-0.4, -0.2) is 19.6 Å². The zero-order chi connectivity index (χ0) is 14.9. The van der Waals surface area contributed by atoms with Crippen molar-refractivity contribution in [2.24, 2.45) is 0 Å². The summed E-state index contributed by atoms with van der Waals surface area (Å²) in [6.45, 7) is 0.287. The third-order valence-electron chi connectivity index (χ3n) is 2.98. The van der Waals surface area contributed by atoms with Gasteiger partial charge >= 0.3 is 6.18 Å². The van der Waals surface area contributed by atoms with Gasteiger partial charge in [-0.1, -0.05) is 12.1 Å². The largest absolute Gasteiger partial charge is 0.435 e. The van der Waals surface area contributed by atoms with E-state index in [4.69, 9.17) is 0 Å². The summed E-state index contributed by atoms with van der Waals surface area (Å²) in [5, 5.41) is 7.63. The quantitative estimate of drug-likeness (QED) is 0.743. The van der Waals surface area contributed by atoms with E-state index in [1.54, 1.807) is 10.9 Å². The van der Waals surface area contributed by atoms with E-state index in [2.05, 4.69) is 10.2 Å². The van der Waals surface area contributed by atoms with Gasteiger partial charge < -0.3 is 0 Å². The van der Waals surface area contributed by atoms with Crippen molar-refractivity contribution in [1.82, 2.24) is 19.6 Å². The molecule has 0 bridgehead atoms. The molecule has 2 heterocycles. The average molecular weight is 292 g/mol. The Morgan fingerprint density at radius 3 is 2.33 bits per heavy atom. The first-order valence-corrected chi connectivity index (χ1v) is 6.22. The van der Waals surface area contributed by atoms with Gasteiger partial charge in [0, 0.05) is 18.6 Å². The highest BCUT2D eigenvalue weighted by Gasteiger charge is 2.33. The SMILES string of the molecule is FC(F)(F)c1ccn(Cc2ccc(-n3cccn3)cc2)n1. The van der Waals surface area contributed by atoms with E-state index in [0.29, 0.717) is 0 Å². The van der Waals surface area contributed by atoms with Crippen molar-refractivity contribution in [3.05, 3.63) is 66.2 Å². The number of aromatic nitrogens is 4. The lowest BCUT2D eigenvalue weighted by molar-refractivity contribution is -0.141. The molecule has 2 aromatic heterocycles. The van der Waals surface area contributed by atoms with Gasteiger partial charge in [-0.2, -0.15) is 23.4 Å². The van der Waals surface area contributed by atoms with Crippen LogP contribution in [0.3, 0.4) is 0 Å². The van der Waals surface area contributed by atoms with E-state index in [-0.39, 0.29) is 6.54 Å². The Kier molecular flexibility index (Phi) is 3.25. The predicted molar refractivity (Wildman–Crippen MR) is 69.9 cm³/mol. The minimum Gasteiger partial charge on any atom is -0.268 e. The normalized spacial score (nSPS) is 11.8. The number of alkyl halides is 3. The number of nitrogens with zero attached hydrogens (tertiary/aromatic N) is 4. The van der Waals surface area contributed by atoms with E-state index in [9.17, 15) is 13.2 Å². The van der Waals surface area contributed by atoms with Gasteiger partial charge in [-0.15, -0.1) is 0 Å². The zero-order valence-corrected chi connectivity index (χ0v) is 10.8. The fraction of sp³-hybridized carbons (Fsp3) is 0.143. The molecule has 0 fully saturated rings. The van der Waals surface area contributed by atoms with Crippen molar-refractivity contribution in [3.63, 3.8) is 0 Å². The van der Waals surface area contributed by atoms with Crippen LogP contribution in [0.5, 0.6) is 0 Å². The van der Waals surface area contributed by atoms with Gasteiger partial charge in [0.1, 0.15) is 0 Å². The summed E-state index contributed by atoms with van der Waals surface area (Å²) in [5.41, 5.74) is 0.874. The van der Waals surface area contributed by atoms with E-state index in [1.807, 2.05) is 36.5 Å². The van der Waals surface area contributed by atoms with E-state index in [0.717, 1.165) is 17.3 Å². The summed E-state index contributed by atoms with van der Waals surface area (Å²) in [5.74, 6) is 0. The molecule has 3 aromatic rings. The Morgan fingerprint density at radius 1 is 1.00 bits per heavy atom.